The molecule has 0 aromatic carbocycles. The Balaban J connectivity index is 1.10. The molecule has 9 heteroatoms. The van der Waals surface area contributed by atoms with E-state index in [1.54, 1.807) is 0 Å². The molecule has 8 fully saturated rings. The summed E-state index contributed by atoms with van der Waals surface area (Å²) in [5.74, 6) is 0.319. The largest absolute Gasteiger partial charge is 0.393 e. The predicted molar refractivity (Wildman–Crippen MR) is 159 cm³/mol. The summed E-state index contributed by atoms with van der Waals surface area (Å²) in [6.07, 6.45) is 1.70. The normalized spacial score (nSPS) is 62.2. The molecular formula is C35H56O9. The quantitative estimate of drug-likeness (QED) is 0.301. The first-order valence-electron chi connectivity index (χ1n) is 17.4. The van der Waals surface area contributed by atoms with Gasteiger partial charge in [0, 0.05) is 12.3 Å². The van der Waals surface area contributed by atoms with Gasteiger partial charge in [-0.1, -0.05) is 34.6 Å². The van der Waals surface area contributed by atoms with Crippen LogP contribution in [0.3, 0.4) is 0 Å². The maximum Gasteiger partial charge on any atom is 0.186 e. The first kappa shape index (κ1) is 30.9. The van der Waals surface area contributed by atoms with Gasteiger partial charge in [0.25, 0.3) is 0 Å². The Morgan fingerprint density at radius 2 is 1.52 bits per heavy atom. The van der Waals surface area contributed by atoms with Crippen molar-refractivity contribution in [2.45, 2.75) is 160 Å². The van der Waals surface area contributed by atoms with Gasteiger partial charge in [0.2, 0.25) is 0 Å². The fourth-order valence-electron chi connectivity index (χ4n) is 14.0. The van der Waals surface area contributed by atoms with Crippen molar-refractivity contribution in [3.8, 4) is 0 Å². The number of hydrogen-bond donors (Lipinski definition) is 5. The summed E-state index contributed by atoms with van der Waals surface area (Å²) in [5.41, 5.74) is -1.28. The van der Waals surface area contributed by atoms with Crippen molar-refractivity contribution < 1.29 is 44.5 Å². The molecule has 0 radical (unpaired) electrons. The lowest BCUT2D eigenvalue weighted by Gasteiger charge is -2.64. The van der Waals surface area contributed by atoms with E-state index in [2.05, 4.69) is 34.6 Å². The zero-order chi connectivity index (χ0) is 31.6. The number of hydrogen-bond acceptors (Lipinski definition) is 9. The van der Waals surface area contributed by atoms with Gasteiger partial charge in [0.15, 0.2) is 12.1 Å². The summed E-state index contributed by atoms with van der Waals surface area (Å²) in [4.78, 5) is 0. The van der Waals surface area contributed by atoms with Crippen LogP contribution in [0.15, 0.2) is 0 Å². The monoisotopic (exact) mass is 620 g/mol. The Bertz CT molecular complexity index is 1200. The van der Waals surface area contributed by atoms with E-state index in [0.29, 0.717) is 12.3 Å². The van der Waals surface area contributed by atoms with Gasteiger partial charge in [0.1, 0.15) is 24.4 Å². The van der Waals surface area contributed by atoms with Crippen molar-refractivity contribution in [1.82, 2.24) is 0 Å². The Labute approximate surface area is 262 Å². The summed E-state index contributed by atoms with van der Waals surface area (Å²) in [5, 5.41) is 54.2. The third-order valence-electron chi connectivity index (χ3n) is 15.7. The molecule has 250 valence electrons. The SMILES string of the molecule is C[C@@H]1C[C@H]2O[C@]3(C[C@@]4(C)[C@@H]5[C@@H](O)C[C@@H]6C(C)(C)[C@H](O[C@@H]7OC[C@H](O)[C@H](O)[C@@H]7O)CC[C@@]67C[C@@]57CC[C@]4(C)[C@@H]13)O[C@H]2C(C)(C)O. The minimum atomic E-state index is -1.31. The molecule has 3 heterocycles. The minimum Gasteiger partial charge on any atom is -0.393 e. The highest BCUT2D eigenvalue weighted by Crippen LogP contribution is 2.90. The lowest BCUT2D eigenvalue weighted by Crippen LogP contribution is -2.63. The van der Waals surface area contributed by atoms with Crippen molar-refractivity contribution in [3.05, 3.63) is 0 Å². The molecule has 0 unspecified atom stereocenters. The predicted octanol–water partition coefficient (Wildman–Crippen LogP) is 3.12. The third kappa shape index (κ3) is 3.53. The van der Waals surface area contributed by atoms with Crippen LogP contribution in [0.4, 0.5) is 0 Å². The summed E-state index contributed by atoms with van der Waals surface area (Å²) in [6, 6.07) is 0. The number of fused-ring (bicyclic) bond motifs is 4. The zero-order valence-electron chi connectivity index (χ0n) is 27.7. The Morgan fingerprint density at radius 3 is 2.23 bits per heavy atom. The summed E-state index contributed by atoms with van der Waals surface area (Å²) < 4.78 is 25.9. The number of rotatable bonds is 3. The molecule has 9 nitrogen and oxygen atoms in total. The van der Waals surface area contributed by atoms with E-state index in [0.717, 1.165) is 44.9 Å². The molecule has 5 N–H and O–H groups in total. The molecule has 44 heavy (non-hydrogen) atoms. The lowest BCUT2D eigenvalue weighted by atomic mass is 9.41. The van der Waals surface area contributed by atoms with E-state index < -0.39 is 42.1 Å². The fourth-order valence-corrected chi connectivity index (χ4v) is 14.0. The van der Waals surface area contributed by atoms with Crippen molar-refractivity contribution in [1.29, 1.82) is 0 Å². The molecule has 0 aromatic rings. The maximum atomic E-state index is 12.4. The molecule has 0 amide bonds. The molecular weight excluding hydrogens is 564 g/mol. The summed E-state index contributed by atoms with van der Waals surface area (Å²) in [7, 11) is 0. The highest BCUT2D eigenvalue weighted by molar-refractivity contribution is 5.34. The third-order valence-corrected chi connectivity index (χ3v) is 15.7. The van der Waals surface area contributed by atoms with Crippen LogP contribution in [0, 0.1) is 50.7 Å². The smallest absolute Gasteiger partial charge is 0.186 e. The van der Waals surface area contributed by atoms with Crippen molar-refractivity contribution in [2.24, 2.45) is 50.7 Å². The van der Waals surface area contributed by atoms with Gasteiger partial charge in [-0.2, -0.15) is 0 Å². The summed E-state index contributed by atoms with van der Waals surface area (Å²) >= 11 is 0. The first-order chi connectivity index (χ1) is 20.4. The van der Waals surface area contributed by atoms with Crippen LogP contribution in [-0.4, -0.2) is 92.5 Å². The van der Waals surface area contributed by atoms with Crippen LogP contribution in [0.25, 0.3) is 0 Å². The number of ether oxygens (including phenoxy) is 4. The second-order valence-corrected chi connectivity index (χ2v) is 18.4. The molecule has 17 atom stereocenters. The van der Waals surface area contributed by atoms with Crippen LogP contribution < -0.4 is 0 Å². The highest BCUT2D eigenvalue weighted by Gasteiger charge is 2.87. The standard InChI is InChI=1S/C35H56O9/c1-17-12-20-27(30(4,5)40)44-35(43-20)15-32(7)26-18(36)13-21-29(2,3)22(42-28-24(39)23(38)19(37)14-41-28)8-9-33(21)16-34(26,33)11-10-31(32,6)25(17)35/h17-28,36-40H,8-16H2,1-7H3/t17-,18+,19+,20-,21-,22-,23+,24+,25-,26+,27-,28+,31-,32+,33-,34+,35-/m1/s1. The fraction of sp³-hybridized carbons (Fsp3) is 1.00. The van der Waals surface area contributed by atoms with Crippen molar-refractivity contribution in [2.75, 3.05) is 6.61 Å². The first-order valence-corrected chi connectivity index (χ1v) is 17.4. The van der Waals surface area contributed by atoms with E-state index >= 15 is 0 Å². The average molecular weight is 621 g/mol. The van der Waals surface area contributed by atoms with Gasteiger partial charge in [-0.25, -0.2) is 0 Å². The van der Waals surface area contributed by atoms with Gasteiger partial charge in [-0.3, -0.25) is 0 Å². The van der Waals surface area contributed by atoms with Crippen molar-refractivity contribution >= 4 is 0 Å². The molecule has 0 aromatic heterocycles. The second-order valence-electron chi connectivity index (χ2n) is 18.4. The van der Waals surface area contributed by atoms with Gasteiger partial charge < -0.3 is 44.5 Å². The molecule has 5 saturated carbocycles. The topological polar surface area (TPSA) is 138 Å². The van der Waals surface area contributed by atoms with Gasteiger partial charge in [-0.15, -0.1) is 0 Å². The van der Waals surface area contributed by atoms with Crippen LogP contribution in [-0.2, 0) is 18.9 Å². The van der Waals surface area contributed by atoms with E-state index in [1.807, 2.05) is 13.8 Å². The van der Waals surface area contributed by atoms with Crippen LogP contribution in [0.1, 0.15) is 99.8 Å². The second kappa shape index (κ2) is 9.00. The Hall–Kier alpha value is -0.360. The maximum absolute atomic E-state index is 12.4. The molecule has 3 spiro atoms. The molecule has 8 aliphatic rings. The van der Waals surface area contributed by atoms with Crippen LogP contribution in [0.5, 0.6) is 0 Å². The Morgan fingerprint density at radius 1 is 0.795 bits per heavy atom. The highest BCUT2D eigenvalue weighted by atomic mass is 16.8. The van der Waals surface area contributed by atoms with Gasteiger partial charge in [-0.05, 0) is 104 Å². The molecule has 8 rings (SSSR count). The molecule has 3 saturated heterocycles. The van der Waals surface area contributed by atoms with Gasteiger partial charge in [0.05, 0.1) is 30.5 Å². The average Bonchev–Trinajstić information content (AvgIpc) is 3.38. The summed E-state index contributed by atoms with van der Waals surface area (Å²) in [6.45, 7) is 15.4. The molecule has 2 bridgehead atoms. The van der Waals surface area contributed by atoms with E-state index in [9.17, 15) is 25.5 Å². The molecule has 5 aliphatic carbocycles. The number of aliphatic hydroxyl groups excluding tert-OH is 4. The van der Waals surface area contributed by atoms with E-state index in [4.69, 9.17) is 18.9 Å². The van der Waals surface area contributed by atoms with Crippen LogP contribution in [0.2, 0.25) is 0 Å². The van der Waals surface area contributed by atoms with E-state index in [-0.39, 0.29) is 69.7 Å². The van der Waals surface area contributed by atoms with Gasteiger partial charge >= 0.3 is 0 Å². The van der Waals surface area contributed by atoms with E-state index in [1.165, 1.54) is 0 Å². The van der Waals surface area contributed by atoms with Crippen molar-refractivity contribution in [3.63, 3.8) is 0 Å². The number of aliphatic hydroxyl groups is 5. The minimum absolute atomic E-state index is 0.0465. The van der Waals surface area contributed by atoms with Crippen LogP contribution >= 0.6 is 0 Å². The molecule has 3 aliphatic heterocycles. The lowest BCUT2D eigenvalue weighted by molar-refractivity contribution is -0.304. The zero-order valence-corrected chi connectivity index (χ0v) is 27.7. The Kier molecular flexibility index (Phi) is 6.33.